The first kappa shape index (κ1) is 18.3. The summed E-state index contributed by atoms with van der Waals surface area (Å²) in [6, 6.07) is 17.2. The quantitative estimate of drug-likeness (QED) is 0.710. The highest BCUT2D eigenvalue weighted by Gasteiger charge is 2.13. The first-order chi connectivity index (χ1) is 13.8. The molecule has 7 nitrogen and oxygen atoms in total. The lowest BCUT2D eigenvalue weighted by Crippen LogP contribution is -2.35. The van der Waals surface area contributed by atoms with Gasteiger partial charge in [-0.3, -0.25) is 9.69 Å². The van der Waals surface area contributed by atoms with E-state index in [0.29, 0.717) is 17.3 Å². The molecule has 144 valence electrons. The first-order valence-electron chi connectivity index (χ1n) is 9.33. The standard InChI is InChI=1S/C21H22N4O3/c26-21(18-8-6-16(7-9-18)15-25-10-12-27-13-11-25)22-14-19-23-20(24-28-19)17-4-2-1-3-5-17/h1-9H,10-15H2,(H,22,26). The van der Waals surface area contributed by atoms with E-state index in [1.54, 1.807) is 0 Å². The topological polar surface area (TPSA) is 80.5 Å². The minimum absolute atomic E-state index is 0.169. The smallest absolute Gasteiger partial charge is 0.251 e. The zero-order valence-electron chi connectivity index (χ0n) is 15.5. The van der Waals surface area contributed by atoms with Crippen LogP contribution in [0.4, 0.5) is 0 Å². The van der Waals surface area contributed by atoms with Gasteiger partial charge in [0.1, 0.15) is 0 Å². The normalized spacial score (nSPS) is 14.7. The van der Waals surface area contributed by atoms with Crippen LogP contribution in [-0.2, 0) is 17.8 Å². The van der Waals surface area contributed by atoms with E-state index in [9.17, 15) is 4.79 Å². The Labute approximate surface area is 163 Å². The van der Waals surface area contributed by atoms with E-state index in [1.165, 1.54) is 5.56 Å². The molecule has 0 unspecified atom stereocenters. The zero-order valence-corrected chi connectivity index (χ0v) is 15.5. The van der Waals surface area contributed by atoms with E-state index in [4.69, 9.17) is 9.26 Å². The Kier molecular flexibility index (Phi) is 5.75. The summed E-state index contributed by atoms with van der Waals surface area (Å²) in [5, 5.41) is 6.77. The van der Waals surface area contributed by atoms with Crippen molar-refractivity contribution in [3.63, 3.8) is 0 Å². The third kappa shape index (κ3) is 4.62. The van der Waals surface area contributed by atoms with Crippen LogP contribution >= 0.6 is 0 Å². The molecule has 2 aromatic carbocycles. The van der Waals surface area contributed by atoms with Crippen molar-refractivity contribution in [3.05, 3.63) is 71.6 Å². The van der Waals surface area contributed by atoms with Crippen molar-refractivity contribution in [1.29, 1.82) is 0 Å². The van der Waals surface area contributed by atoms with Crippen LogP contribution < -0.4 is 5.32 Å². The highest BCUT2D eigenvalue weighted by Crippen LogP contribution is 2.15. The maximum Gasteiger partial charge on any atom is 0.251 e. The Balaban J connectivity index is 1.31. The van der Waals surface area contributed by atoms with Gasteiger partial charge in [-0.15, -0.1) is 0 Å². The number of carbonyl (C=O) groups excluding carboxylic acids is 1. The molecule has 1 aliphatic heterocycles. The minimum atomic E-state index is -0.169. The Morgan fingerprint density at radius 3 is 2.54 bits per heavy atom. The monoisotopic (exact) mass is 378 g/mol. The summed E-state index contributed by atoms with van der Waals surface area (Å²) in [7, 11) is 0. The third-order valence-electron chi connectivity index (χ3n) is 4.63. The number of aromatic nitrogens is 2. The molecule has 2 heterocycles. The van der Waals surface area contributed by atoms with Crippen LogP contribution in [0.1, 0.15) is 21.8 Å². The van der Waals surface area contributed by atoms with Crippen molar-refractivity contribution in [2.45, 2.75) is 13.1 Å². The van der Waals surface area contributed by atoms with Crippen molar-refractivity contribution >= 4 is 5.91 Å². The average Bonchev–Trinajstić information content (AvgIpc) is 3.23. The highest BCUT2D eigenvalue weighted by atomic mass is 16.5. The van der Waals surface area contributed by atoms with Crippen molar-refractivity contribution in [2.24, 2.45) is 0 Å². The van der Waals surface area contributed by atoms with Crippen molar-refractivity contribution < 1.29 is 14.1 Å². The van der Waals surface area contributed by atoms with Crippen molar-refractivity contribution in [1.82, 2.24) is 20.4 Å². The number of ether oxygens (including phenoxy) is 1. The Bertz CT molecular complexity index is 903. The van der Waals surface area contributed by atoms with Gasteiger partial charge in [-0.1, -0.05) is 47.6 Å². The summed E-state index contributed by atoms with van der Waals surface area (Å²) in [5.74, 6) is 0.714. The molecule has 1 saturated heterocycles. The van der Waals surface area contributed by atoms with Gasteiger partial charge in [-0.25, -0.2) is 0 Å². The van der Waals surface area contributed by atoms with Gasteiger partial charge in [0, 0.05) is 30.8 Å². The van der Waals surface area contributed by atoms with E-state index >= 15 is 0 Å². The van der Waals surface area contributed by atoms with Gasteiger partial charge < -0.3 is 14.6 Å². The van der Waals surface area contributed by atoms with Crippen LogP contribution in [0.15, 0.2) is 59.1 Å². The summed E-state index contributed by atoms with van der Waals surface area (Å²) < 4.78 is 10.6. The van der Waals surface area contributed by atoms with Crippen LogP contribution in [0.3, 0.4) is 0 Å². The fraction of sp³-hybridized carbons (Fsp3) is 0.286. The molecule has 1 aromatic heterocycles. The number of amides is 1. The first-order valence-corrected chi connectivity index (χ1v) is 9.33. The van der Waals surface area contributed by atoms with Crippen LogP contribution in [0.5, 0.6) is 0 Å². The molecule has 7 heteroatoms. The van der Waals surface area contributed by atoms with Gasteiger partial charge in [0.05, 0.1) is 19.8 Å². The largest absolute Gasteiger partial charge is 0.379 e. The summed E-state index contributed by atoms with van der Waals surface area (Å²) >= 11 is 0. The molecule has 0 atom stereocenters. The lowest BCUT2D eigenvalue weighted by atomic mass is 10.1. The predicted octanol–water partition coefficient (Wildman–Crippen LogP) is 2.50. The molecule has 1 N–H and O–H groups in total. The molecule has 1 amide bonds. The SMILES string of the molecule is O=C(NCc1nc(-c2ccccc2)no1)c1ccc(CN2CCOCC2)cc1. The summed E-state index contributed by atoms with van der Waals surface area (Å²) in [5.41, 5.74) is 2.66. The van der Waals surface area contributed by atoms with E-state index in [-0.39, 0.29) is 12.5 Å². The molecular formula is C21H22N4O3. The summed E-state index contributed by atoms with van der Waals surface area (Å²) in [6.45, 7) is 4.50. The predicted molar refractivity (Wildman–Crippen MR) is 103 cm³/mol. The van der Waals surface area contributed by atoms with Crippen molar-refractivity contribution in [3.8, 4) is 11.4 Å². The number of hydrogen-bond acceptors (Lipinski definition) is 6. The molecule has 0 radical (unpaired) electrons. The molecule has 3 aromatic rings. The number of carbonyl (C=O) groups is 1. The second-order valence-corrected chi connectivity index (χ2v) is 6.65. The average molecular weight is 378 g/mol. The number of morpholine rings is 1. The molecular weight excluding hydrogens is 356 g/mol. The number of rotatable bonds is 6. The molecule has 28 heavy (non-hydrogen) atoms. The van der Waals surface area contributed by atoms with E-state index in [1.807, 2.05) is 54.6 Å². The fourth-order valence-electron chi connectivity index (χ4n) is 3.07. The maximum absolute atomic E-state index is 12.4. The third-order valence-corrected chi connectivity index (χ3v) is 4.63. The van der Waals surface area contributed by atoms with Crippen molar-refractivity contribution in [2.75, 3.05) is 26.3 Å². The van der Waals surface area contributed by atoms with Crippen LogP contribution in [0.25, 0.3) is 11.4 Å². The molecule has 0 bridgehead atoms. The van der Waals surface area contributed by atoms with Gasteiger partial charge in [0.15, 0.2) is 0 Å². The Morgan fingerprint density at radius 2 is 1.79 bits per heavy atom. The lowest BCUT2D eigenvalue weighted by molar-refractivity contribution is 0.0342. The van der Waals surface area contributed by atoms with Gasteiger partial charge >= 0.3 is 0 Å². The number of nitrogens with one attached hydrogen (secondary N) is 1. The van der Waals surface area contributed by atoms with E-state index in [0.717, 1.165) is 38.4 Å². The minimum Gasteiger partial charge on any atom is -0.379 e. The number of hydrogen-bond donors (Lipinski definition) is 1. The Morgan fingerprint density at radius 1 is 1.04 bits per heavy atom. The molecule has 0 aliphatic carbocycles. The highest BCUT2D eigenvalue weighted by molar-refractivity contribution is 5.94. The van der Waals surface area contributed by atoms with Crippen LogP contribution in [-0.4, -0.2) is 47.3 Å². The van der Waals surface area contributed by atoms with Crippen LogP contribution in [0.2, 0.25) is 0 Å². The van der Waals surface area contributed by atoms with E-state index in [2.05, 4.69) is 20.4 Å². The maximum atomic E-state index is 12.4. The van der Waals surface area contributed by atoms with Crippen LogP contribution in [0, 0.1) is 0 Å². The molecule has 1 aliphatic rings. The Hall–Kier alpha value is -3.03. The number of nitrogens with zero attached hydrogens (tertiary/aromatic N) is 3. The second kappa shape index (κ2) is 8.77. The van der Waals surface area contributed by atoms with Gasteiger partial charge in [0.2, 0.25) is 11.7 Å². The second-order valence-electron chi connectivity index (χ2n) is 6.65. The van der Waals surface area contributed by atoms with Gasteiger partial charge in [-0.2, -0.15) is 4.98 Å². The summed E-state index contributed by atoms with van der Waals surface area (Å²) in [4.78, 5) is 19.0. The number of benzene rings is 2. The molecule has 0 saturated carbocycles. The molecule has 0 spiro atoms. The zero-order chi connectivity index (χ0) is 19.2. The van der Waals surface area contributed by atoms with E-state index < -0.39 is 0 Å². The van der Waals surface area contributed by atoms with Gasteiger partial charge in [-0.05, 0) is 17.7 Å². The molecule has 1 fully saturated rings. The molecule has 4 rings (SSSR count). The summed E-state index contributed by atoms with van der Waals surface area (Å²) in [6.07, 6.45) is 0. The van der Waals surface area contributed by atoms with Gasteiger partial charge in [0.25, 0.3) is 5.91 Å². The fourth-order valence-corrected chi connectivity index (χ4v) is 3.07. The lowest BCUT2D eigenvalue weighted by Gasteiger charge is -2.26.